The van der Waals surface area contributed by atoms with Gasteiger partial charge in [0.15, 0.2) is 5.82 Å². The molecule has 0 atom stereocenters. The molecule has 1 saturated heterocycles. The zero-order valence-corrected chi connectivity index (χ0v) is 15.2. The van der Waals surface area contributed by atoms with Crippen molar-refractivity contribution in [3.05, 3.63) is 47.3 Å². The molecule has 2 aromatic heterocycles. The van der Waals surface area contributed by atoms with Crippen LogP contribution in [0.2, 0.25) is 0 Å². The molecule has 8 heteroatoms. The van der Waals surface area contributed by atoms with Crippen LogP contribution in [0.15, 0.2) is 24.5 Å². The summed E-state index contributed by atoms with van der Waals surface area (Å²) in [6.45, 7) is 3.30. The fourth-order valence-corrected chi connectivity index (χ4v) is 3.57. The minimum Gasteiger partial charge on any atom is -0.378 e. The molecule has 0 unspecified atom stereocenters. The summed E-state index contributed by atoms with van der Waals surface area (Å²) in [6, 6.07) is 3.74. The highest BCUT2D eigenvalue weighted by Gasteiger charge is 2.30. The molecule has 2 amide bonds. The number of hydrogen-bond donors (Lipinski definition) is 1. The van der Waals surface area contributed by atoms with Crippen molar-refractivity contribution in [2.24, 2.45) is 0 Å². The molecule has 1 N–H and O–H groups in total. The largest absolute Gasteiger partial charge is 0.378 e. The van der Waals surface area contributed by atoms with E-state index in [1.165, 1.54) is 0 Å². The maximum atomic E-state index is 12.9. The minimum atomic E-state index is -0.261. The molecule has 2 aliphatic rings. The number of nitrogens with zero attached hydrogens (tertiary/aromatic N) is 4. The van der Waals surface area contributed by atoms with Gasteiger partial charge in [-0.05, 0) is 30.9 Å². The lowest BCUT2D eigenvalue weighted by Crippen LogP contribution is -2.41. The average molecular weight is 369 g/mol. The molecule has 0 radical (unpaired) electrons. The summed E-state index contributed by atoms with van der Waals surface area (Å²) >= 11 is 0. The van der Waals surface area contributed by atoms with E-state index in [9.17, 15) is 9.59 Å². The van der Waals surface area contributed by atoms with Crippen LogP contribution in [-0.4, -0.2) is 57.6 Å². The van der Waals surface area contributed by atoms with E-state index in [1.54, 1.807) is 17.3 Å². The van der Waals surface area contributed by atoms with Gasteiger partial charge in [-0.3, -0.25) is 14.6 Å². The highest BCUT2D eigenvalue weighted by Crippen LogP contribution is 2.22. The first kappa shape index (κ1) is 17.7. The number of nitrogens with one attached hydrogen (secondary N) is 1. The van der Waals surface area contributed by atoms with Crippen molar-refractivity contribution in [2.75, 3.05) is 26.3 Å². The Kier molecular flexibility index (Phi) is 5.15. The Morgan fingerprint density at radius 1 is 1.19 bits per heavy atom. The van der Waals surface area contributed by atoms with E-state index >= 15 is 0 Å². The van der Waals surface area contributed by atoms with Crippen molar-refractivity contribution in [1.29, 1.82) is 0 Å². The van der Waals surface area contributed by atoms with Crippen LogP contribution in [-0.2, 0) is 24.2 Å². The molecule has 2 aromatic rings. The molecular weight excluding hydrogens is 346 g/mol. The zero-order chi connectivity index (χ0) is 18.6. The third-order valence-corrected chi connectivity index (χ3v) is 5.00. The fraction of sp³-hybridized carbons (Fsp3) is 0.474. The summed E-state index contributed by atoms with van der Waals surface area (Å²) in [5.74, 6) is -0.0384. The predicted octanol–water partition coefficient (Wildman–Crippen LogP) is 1.02. The second-order valence-electron chi connectivity index (χ2n) is 6.79. The number of amides is 2. The van der Waals surface area contributed by atoms with Crippen LogP contribution in [0.1, 0.15) is 45.2 Å². The van der Waals surface area contributed by atoms with E-state index < -0.39 is 0 Å². The van der Waals surface area contributed by atoms with Gasteiger partial charge in [0.2, 0.25) is 0 Å². The number of carbonyl (C=O) groups is 2. The van der Waals surface area contributed by atoms with Crippen molar-refractivity contribution in [2.45, 2.75) is 32.4 Å². The van der Waals surface area contributed by atoms with Crippen LogP contribution in [0, 0.1) is 0 Å². The normalized spacial score (nSPS) is 16.7. The van der Waals surface area contributed by atoms with Gasteiger partial charge in [-0.25, -0.2) is 4.98 Å². The number of pyridine rings is 1. The molecule has 8 nitrogen and oxygen atoms in total. The smallest absolute Gasteiger partial charge is 0.287 e. The van der Waals surface area contributed by atoms with Gasteiger partial charge in [0, 0.05) is 38.6 Å². The Morgan fingerprint density at radius 3 is 2.81 bits per heavy atom. The SMILES string of the molecule is O=C(NCc1cccnc1)c1nc(C(=O)N2CCOCC2)c2n1CCCC2. The van der Waals surface area contributed by atoms with Crippen LogP contribution in [0.4, 0.5) is 0 Å². The fourth-order valence-electron chi connectivity index (χ4n) is 3.57. The molecule has 0 aliphatic carbocycles. The summed E-state index contributed by atoms with van der Waals surface area (Å²) in [5.41, 5.74) is 2.22. The molecule has 4 rings (SSSR count). The summed E-state index contributed by atoms with van der Waals surface area (Å²) in [4.78, 5) is 36.0. The molecule has 0 aromatic carbocycles. The van der Waals surface area contributed by atoms with Crippen molar-refractivity contribution in [3.63, 3.8) is 0 Å². The number of carbonyl (C=O) groups excluding carboxylic acids is 2. The Bertz CT molecular complexity index is 827. The van der Waals surface area contributed by atoms with Crippen molar-refractivity contribution in [1.82, 2.24) is 24.8 Å². The van der Waals surface area contributed by atoms with Crippen LogP contribution >= 0.6 is 0 Å². The number of rotatable bonds is 4. The van der Waals surface area contributed by atoms with E-state index in [1.807, 2.05) is 16.7 Å². The molecular formula is C19H23N5O3. The van der Waals surface area contributed by atoms with Crippen LogP contribution in [0.25, 0.3) is 0 Å². The summed E-state index contributed by atoms with van der Waals surface area (Å²) < 4.78 is 7.24. The number of fused-ring (bicyclic) bond motifs is 1. The lowest BCUT2D eigenvalue weighted by Gasteiger charge is -2.26. The van der Waals surface area contributed by atoms with Gasteiger partial charge in [0.1, 0.15) is 5.69 Å². The van der Waals surface area contributed by atoms with Crippen LogP contribution < -0.4 is 5.32 Å². The van der Waals surface area contributed by atoms with Gasteiger partial charge in [-0.15, -0.1) is 0 Å². The van der Waals surface area contributed by atoms with Gasteiger partial charge in [0.05, 0.1) is 18.9 Å². The van der Waals surface area contributed by atoms with Crippen molar-refractivity contribution >= 4 is 11.8 Å². The Morgan fingerprint density at radius 2 is 2.04 bits per heavy atom. The average Bonchev–Trinajstić information content (AvgIpc) is 3.13. The van der Waals surface area contributed by atoms with E-state index in [0.29, 0.717) is 50.9 Å². The molecule has 4 heterocycles. The first-order valence-electron chi connectivity index (χ1n) is 9.37. The predicted molar refractivity (Wildman–Crippen MR) is 97.3 cm³/mol. The number of ether oxygens (including phenoxy) is 1. The maximum Gasteiger partial charge on any atom is 0.287 e. The number of hydrogen-bond acceptors (Lipinski definition) is 5. The molecule has 142 valence electrons. The molecule has 0 bridgehead atoms. The Hall–Kier alpha value is -2.74. The lowest BCUT2D eigenvalue weighted by molar-refractivity contribution is 0.0298. The molecule has 2 aliphatic heterocycles. The molecule has 0 saturated carbocycles. The van der Waals surface area contributed by atoms with Crippen molar-refractivity contribution in [3.8, 4) is 0 Å². The monoisotopic (exact) mass is 369 g/mol. The van der Waals surface area contributed by atoms with Gasteiger partial charge < -0.3 is 19.5 Å². The topological polar surface area (TPSA) is 89.3 Å². The second-order valence-corrected chi connectivity index (χ2v) is 6.79. The van der Waals surface area contributed by atoms with Gasteiger partial charge in [-0.2, -0.15) is 0 Å². The summed E-state index contributed by atoms with van der Waals surface area (Å²) in [5, 5.41) is 2.89. The lowest BCUT2D eigenvalue weighted by atomic mass is 10.1. The Labute approximate surface area is 157 Å². The van der Waals surface area contributed by atoms with Crippen LogP contribution in [0.3, 0.4) is 0 Å². The highest BCUT2D eigenvalue weighted by molar-refractivity contribution is 5.97. The quantitative estimate of drug-likeness (QED) is 0.869. The molecule has 1 fully saturated rings. The van der Waals surface area contributed by atoms with Gasteiger partial charge in [0.25, 0.3) is 11.8 Å². The third-order valence-electron chi connectivity index (χ3n) is 5.00. The zero-order valence-electron chi connectivity index (χ0n) is 15.2. The van der Waals surface area contributed by atoms with Crippen molar-refractivity contribution < 1.29 is 14.3 Å². The van der Waals surface area contributed by atoms with E-state index in [-0.39, 0.29) is 11.8 Å². The first-order valence-corrected chi connectivity index (χ1v) is 9.37. The summed E-state index contributed by atoms with van der Waals surface area (Å²) in [6.07, 6.45) is 6.17. The second kappa shape index (κ2) is 7.87. The van der Waals surface area contributed by atoms with Gasteiger partial charge >= 0.3 is 0 Å². The van der Waals surface area contributed by atoms with Crippen LogP contribution in [0.5, 0.6) is 0 Å². The Balaban J connectivity index is 1.56. The third kappa shape index (κ3) is 3.71. The van der Waals surface area contributed by atoms with E-state index in [4.69, 9.17) is 4.74 Å². The standard InChI is InChI=1S/C19H23N5O3/c25-18(21-13-14-4-3-6-20-12-14)17-22-16(15-5-1-2-7-24(15)17)19(26)23-8-10-27-11-9-23/h3-4,6,12H,1-2,5,7-11,13H2,(H,21,25). The van der Waals surface area contributed by atoms with E-state index in [0.717, 1.165) is 30.5 Å². The number of morpholine rings is 1. The summed E-state index contributed by atoms with van der Waals surface area (Å²) in [7, 11) is 0. The number of imidazole rings is 1. The minimum absolute atomic E-state index is 0.102. The van der Waals surface area contributed by atoms with Gasteiger partial charge in [-0.1, -0.05) is 6.07 Å². The van der Waals surface area contributed by atoms with E-state index in [2.05, 4.69) is 15.3 Å². The maximum absolute atomic E-state index is 12.9. The highest BCUT2D eigenvalue weighted by atomic mass is 16.5. The molecule has 0 spiro atoms. The number of aromatic nitrogens is 3. The first-order chi connectivity index (χ1) is 13.2. The molecule has 27 heavy (non-hydrogen) atoms.